The van der Waals surface area contributed by atoms with Gasteiger partial charge in [0.1, 0.15) is 5.69 Å². The third-order valence-electron chi connectivity index (χ3n) is 4.58. The molecule has 122 valence electrons. The van der Waals surface area contributed by atoms with E-state index in [1.807, 2.05) is 10.9 Å². The van der Waals surface area contributed by atoms with Crippen LogP contribution in [0.15, 0.2) is 66.9 Å². The van der Waals surface area contributed by atoms with Crippen molar-refractivity contribution in [3.8, 4) is 0 Å². The highest BCUT2D eigenvalue weighted by Gasteiger charge is 2.35. The van der Waals surface area contributed by atoms with Crippen molar-refractivity contribution < 1.29 is 5.11 Å². The molecule has 0 atom stereocenters. The first-order valence-corrected chi connectivity index (χ1v) is 8.20. The number of rotatable bonds is 5. The van der Waals surface area contributed by atoms with Crippen molar-refractivity contribution in [2.75, 3.05) is 13.1 Å². The standard InChI is InChI=1S/C19H20N4O/c24-14-17-11-23(21-20-17)18-12-22(13-18)19(15-7-3-1-4-8-15)16-9-5-2-6-10-16/h1-11,18-19,24H,12-14H2. The van der Waals surface area contributed by atoms with Crippen molar-refractivity contribution in [2.24, 2.45) is 0 Å². The quantitative estimate of drug-likeness (QED) is 0.784. The van der Waals surface area contributed by atoms with Crippen molar-refractivity contribution in [3.05, 3.63) is 83.7 Å². The number of nitrogens with zero attached hydrogens (tertiary/aromatic N) is 4. The number of hydrogen-bond acceptors (Lipinski definition) is 4. The van der Waals surface area contributed by atoms with Crippen LogP contribution in [0.25, 0.3) is 0 Å². The van der Waals surface area contributed by atoms with Crippen molar-refractivity contribution in [2.45, 2.75) is 18.7 Å². The second-order valence-electron chi connectivity index (χ2n) is 6.18. The average Bonchev–Trinajstić information content (AvgIpc) is 3.07. The molecule has 2 aromatic carbocycles. The third-order valence-corrected chi connectivity index (χ3v) is 4.58. The maximum atomic E-state index is 9.13. The zero-order chi connectivity index (χ0) is 16.4. The number of hydrogen-bond donors (Lipinski definition) is 1. The van der Waals surface area contributed by atoms with E-state index in [4.69, 9.17) is 5.11 Å². The molecule has 0 unspecified atom stereocenters. The fourth-order valence-electron chi connectivity index (χ4n) is 3.32. The Labute approximate surface area is 141 Å². The Morgan fingerprint density at radius 3 is 2.04 bits per heavy atom. The highest BCUT2D eigenvalue weighted by Crippen LogP contribution is 2.35. The fraction of sp³-hybridized carbons (Fsp3) is 0.263. The van der Waals surface area contributed by atoms with E-state index in [0.29, 0.717) is 11.7 Å². The Balaban J connectivity index is 1.55. The van der Waals surface area contributed by atoms with E-state index >= 15 is 0 Å². The number of aliphatic hydroxyl groups is 1. The monoisotopic (exact) mass is 320 g/mol. The van der Waals surface area contributed by atoms with Crippen LogP contribution in [-0.2, 0) is 6.61 Å². The molecule has 5 heteroatoms. The minimum atomic E-state index is -0.0624. The Morgan fingerprint density at radius 2 is 1.54 bits per heavy atom. The van der Waals surface area contributed by atoms with Gasteiger partial charge >= 0.3 is 0 Å². The van der Waals surface area contributed by atoms with E-state index in [0.717, 1.165) is 13.1 Å². The molecule has 5 nitrogen and oxygen atoms in total. The van der Waals surface area contributed by atoms with Gasteiger partial charge in [-0.1, -0.05) is 65.9 Å². The van der Waals surface area contributed by atoms with E-state index < -0.39 is 0 Å². The predicted octanol–water partition coefficient (Wildman–Crippen LogP) is 2.42. The van der Waals surface area contributed by atoms with Gasteiger partial charge in [0.2, 0.25) is 0 Å². The molecule has 2 heterocycles. The topological polar surface area (TPSA) is 54.2 Å². The first-order chi connectivity index (χ1) is 11.8. The molecular weight excluding hydrogens is 300 g/mol. The van der Waals surface area contributed by atoms with E-state index in [2.05, 4.69) is 75.9 Å². The number of benzene rings is 2. The van der Waals surface area contributed by atoms with Crippen LogP contribution in [0, 0.1) is 0 Å². The van der Waals surface area contributed by atoms with Crippen LogP contribution >= 0.6 is 0 Å². The number of aromatic nitrogens is 3. The summed E-state index contributed by atoms with van der Waals surface area (Å²) in [5, 5.41) is 17.2. The Bertz CT molecular complexity index is 742. The molecule has 1 aliphatic rings. The lowest BCUT2D eigenvalue weighted by atomic mass is 9.93. The largest absolute Gasteiger partial charge is 0.390 e. The average molecular weight is 320 g/mol. The van der Waals surface area contributed by atoms with Gasteiger partial charge in [-0.2, -0.15) is 0 Å². The van der Waals surface area contributed by atoms with Crippen LogP contribution in [0.5, 0.6) is 0 Å². The molecule has 1 N–H and O–H groups in total. The minimum absolute atomic E-state index is 0.0624. The van der Waals surface area contributed by atoms with Gasteiger partial charge in [0.05, 0.1) is 24.9 Å². The summed E-state index contributed by atoms with van der Waals surface area (Å²) in [7, 11) is 0. The first-order valence-electron chi connectivity index (χ1n) is 8.20. The summed E-state index contributed by atoms with van der Waals surface area (Å²) in [5.74, 6) is 0. The molecule has 24 heavy (non-hydrogen) atoms. The SMILES string of the molecule is OCc1cn(C2CN(C(c3ccccc3)c3ccccc3)C2)nn1. The number of aliphatic hydroxyl groups excluding tert-OH is 1. The van der Waals surface area contributed by atoms with Gasteiger partial charge in [-0.25, -0.2) is 4.68 Å². The van der Waals surface area contributed by atoms with Crippen LogP contribution in [-0.4, -0.2) is 38.1 Å². The maximum Gasteiger partial charge on any atom is 0.108 e. The molecule has 0 bridgehead atoms. The number of likely N-dealkylation sites (tertiary alicyclic amines) is 1. The molecule has 0 spiro atoms. The van der Waals surface area contributed by atoms with E-state index in [1.54, 1.807) is 0 Å². The summed E-state index contributed by atoms with van der Waals surface area (Å²) in [4.78, 5) is 2.45. The minimum Gasteiger partial charge on any atom is -0.390 e. The molecule has 0 saturated carbocycles. The van der Waals surface area contributed by atoms with Gasteiger partial charge in [-0.05, 0) is 11.1 Å². The van der Waals surface area contributed by atoms with Crippen molar-refractivity contribution in [1.29, 1.82) is 0 Å². The summed E-state index contributed by atoms with van der Waals surface area (Å²) in [6, 6.07) is 21.8. The van der Waals surface area contributed by atoms with E-state index in [9.17, 15) is 0 Å². The Kier molecular flexibility index (Phi) is 4.11. The Morgan fingerprint density at radius 1 is 0.958 bits per heavy atom. The summed E-state index contributed by atoms with van der Waals surface area (Å²) < 4.78 is 1.87. The first kappa shape index (κ1) is 15.1. The third kappa shape index (κ3) is 2.84. The van der Waals surface area contributed by atoms with Gasteiger partial charge in [-0.3, -0.25) is 4.90 Å². The van der Waals surface area contributed by atoms with Gasteiger partial charge in [0.15, 0.2) is 0 Å². The molecular formula is C19H20N4O. The maximum absolute atomic E-state index is 9.13. The van der Waals surface area contributed by atoms with E-state index in [1.165, 1.54) is 11.1 Å². The summed E-state index contributed by atoms with van der Waals surface area (Å²) in [5.41, 5.74) is 3.23. The predicted molar refractivity (Wildman–Crippen MR) is 91.3 cm³/mol. The van der Waals surface area contributed by atoms with Gasteiger partial charge < -0.3 is 5.11 Å². The molecule has 0 aliphatic carbocycles. The summed E-state index contributed by atoms with van der Waals surface area (Å²) >= 11 is 0. The van der Waals surface area contributed by atoms with Crippen LogP contribution < -0.4 is 0 Å². The summed E-state index contributed by atoms with van der Waals surface area (Å²) in [6.07, 6.45) is 1.84. The highest BCUT2D eigenvalue weighted by atomic mass is 16.3. The normalized spacial score (nSPS) is 15.6. The second kappa shape index (κ2) is 6.55. The van der Waals surface area contributed by atoms with Crippen molar-refractivity contribution >= 4 is 0 Å². The molecule has 1 fully saturated rings. The van der Waals surface area contributed by atoms with Crippen molar-refractivity contribution in [3.63, 3.8) is 0 Å². The molecule has 0 radical (unpaired) electrons. The molecule has 1 aromatic heterocycles. The fourth-order valence-corrected chi connectivity index (χ4v) is 3.32. The lowest BCUT2D eigenvalue weighted by Gasteiger charge is -2.44. The Hall–Kier alpha value is -2.50. The molecule has 1 saturated heterocycles. The van der Waals surface area contributed by atoms with E-state index in [-0.39, 0.29) is 12.6 Å². The lowest BCUT2D eigenvalue weighted by Crippen LogP contribution is -2.49. The summed E-state index contributed by atoms with van der Waals surface area (Å²) in [6.45, 7) is 1.78. The molecule has 3 aromatic rings. The van der Waals surface area contributed by atoms with Crippen LogP contribution in [0.4, 0.5) is 0 Å². The van der Waals surface area contributed by atoms with Gasteiger partial charge in [0.25, 0.3) is 0 Å². The van der Waals surface area contributed by atoms with Crippen LogP contribution in [0.1, 0.15) is 28.9 Å². The van der Waals surface area contributed by atoms with Gasteiger partial charge in [0, 0.05) is 13.1 Å². The smallest absolute Gasteiger partial charge is 0.108 e. The zero-order valence-corrected chi connectivity index (χ0v) is 13.4. The molecule has 0 amide bonds. The van der Waals surface area contributed by atoms with Crippen LogP contribution in [0.2, 0.25) is 0 Å². The zero-order valence-electron chi connectivity index (χ0n) is 13.4. The molecule has 4 rings (SSSR count). The van der Waals surface area contributed by atoms with Crippen molar-refractivity contribution in [1.82, 2.24) is 19.9 Å². The molecule has 1 aliphatic heterocycles. The highest BCUT2D eigenvalue weighted by molar-refractivity contribution is 5.32. The van der Waals surface area contributed by atoms with Gasteiger partial charge in [-0.15, -0.1) is 5.10 Å². The lowest BCUT2D eigenvalue weighted by molar-refractivity contribution is 0.0671. The second-order valence-corrected chi connectivity index (χ2v) is 6.18. The van der Waals surface area contributed by atoms with Crippen LogP contribution in [0.3, 0.4) is 0 Å².